The molecule has 1 aliphatic heterocycles. The molecule has 88 valence electrons. The molecule has 4 nitrogen and oxygen atoms in total. The monoisotopic (exact) mass is 280 g/mol. The molecule has 0 saturated heterocycles. The van der Waals surface area contributed by atoms with Crippen LogP contribution in [-0.4, -0.2) is 16.4 Å². The smallest absolute Gasteiger partial charge is 0.333 e. The summed E-state index contributed by atoms with van der Waals surface area (Å²) in [6, 6.07) is 5.10. The molecule has 1 aliphatic rings. The third-order valence-electron chi connectivity index (χ3n) is 2.49. The fourth-order valence-electron chi connectivity index (χ4n) is 1.75. The highest BCUT2D eigenvalue weighted by Gasteiger charge is 2.35. The SMILES string of the molecule is O=P(O)(O)C1CCOc2cc(SCl)ccc21. The first-order valence-electron chi connectivity index (χ1n) is 4.63. The fraction of sp³-hybridized carbons (Fsp3) is 0.333. The molecule has 16 heavy (non-hydrogen) atoms. The van der Waals surface area contributed by atoms with Gasteiger partial charge in [0.2, 0.25) is 0 Å². The number of halogens is 1. The van der Waals surface area contributed by atoms with E-state index in [0.717, 1.165) is 15.9 Å². The van der Waals surface area contributed by atoms with Gasteiger partial charge in [-0.3, -0.25) is 4.57 Å². The second kappa shape index (κ2) is 4.59. The van der Waals surface area contributed by atoms with Gasteiger partial charge < -0.3 is 14.5 Å². The summed E-state index contributed by atoms with van der Waals surface area (Å²) < 4.78 is 16.7. The number of ether oxygens (including phenoxy) is 1. The molecule has 7 heteroatoms. The topological polar surface area (TPSA) is 66.8 Å². The van der Waals surface area contributed by atoms with E-state index in [1.165, 1.54) is 0 Å². The molecule has 0 bridgehead atoms. The van der Waals surface area contributed by atoms with Crippen molar-refractivity contribution in [2.24, 2.45) is 0 Å². The number of benzene rings is 1. The minimum atomic E-state index is -4.12. The first-order valence-corrected chi connectivity index (χ1v) is 7.95. The zero-order valence-electron chi connectivity index (χ0n) is 8.17. The summed E-state index contributed by atoms with van der Waals surface area (Å²) in [6.07, 6.45) is 0.338. The average molecular weight is 281 g/mol. The highest BCUT2D eigenvalue weighted by molar-refractivity contribution is 8.21. The minimum absolute atomic E-state index is 0.319. The molecule has 0 amide bonds. The summed E-state index contributed by atoms with van der Waals surface area (Å²) in [5, 5.41) is 0. The molecule has 0 radical (unpaired) electrons. The summed E-state index contributed by atoms with van der Waals surface area (Å²) in [5.74, 6) is 0.519. The van der Waals surface area contributed by atoms with Crippen molar-refractivity contribution in [1.82, 2.24) is 0 Å². The molecule has 0 saturated carbocycles. The average Bonchev–Trinajstić information content (AvgIpc) is 2.26. The van der Waals surface area contributed by atoms with Crippen LogP contribution in [0, 0.1) is 0 Å². The van der Waals surface area contributed by atoms with Crippen molar-refractivity contribution in [3.8, 4) is 5.75 Å². The van der Waals surface area contributed by atoms with E-state index in [2.05, 4.69) is 0 Å². The molecule has 0 aliphatic carbocycles. The molecular formula is C9H10ClO4PS. The zero-order valence-corrected chi connectivity index (χ0v) is 10.6. The van der Waals surface area contributed by atoms with E-state index in [1.54, 1.807) is 18.2 Å². The molecule has 0 spiro atoms. The molecule has 1 unspecified atom stereocenters. The van der Waals surface area contributed by atoms with Gasteiger partial charge in [-0.05, 0) is 40.2 Å². The Morgan fingerprint density at radius 3 is 2.88 bits per heavy atom. The first-order chi connectivity index (χ1) is 7.52. The second-order valence-corrected chi connectivity index (χ2v) is 6.41. The predicted octanol–water partition coefficient (Wildman–Crippen LogP) is 2.93. The number of hydrogen-bond donors (Lipinski definition) is 2. The summed E-state index contributed by atoms with van der Waals surface area (Å²) in [6.45, 7) is 0.319. The lowest BCUT2D eigenvalue weighted by Gasteiger charge is -2.26. The van der Waals surface area contributed by atoms with Crippen molar-refractivity contribution in [3.63, 3.8) is 0 Å². The van der Waals surface area contributed by atoms with Crippen LogP contribution in [0.2, 0.25) is 0 Å². The van der Waals surface area contributed by atoms with Gasteiger partial charge in [0.05, 0.1) is 12.3 Å². The summed E-state index contributed by atoms with van der Waals surface area (Å²) in [7, 11) is 2.53. The van der Waals surface area contributed by atoms with Gasteiger partial charge in [-0.1, -0.05) is 6.07 Å². The van der Waals surface area contributed by atoms with Gasteiger partial charge >= 0.3 is 7.60 Å². The number of hydrogen-bond acceptors (Lipinski definition) is 3. The minimum Gasteiger partial charge on any atom is -0.493 e. The van der Waals surface area contributed by atoms with E-state index < -0.39 is 13.3 Å². The maximum absolute atomic E-state index is 11.3. The summed E-state index contributed by atoms with van der Waals surface area (Å²) >= 11 is 0. The van der Waals surface area contributed by atoms with E-state index in [-0.39, 0.29) is 0 Å². The Morgan fingerprint density at radius 1 is 1.50 bits per heavy atom. The molecule has 1 aromatic carbocycles. The number of rotatable bonds is 2. The van der Waals surface area contributed by atoms with E-state index in [4.69, 9.17) is 15.4 Å². The highest BCUT2D eigenvalue weighted by atomic mass is 35.7. The predicted molar refractivity (Wildman–Crippen MR) is 63.0 cm³/mol. The van der Waals surface area contributed by atoms with Crippen molar-refractivity contribution in [2.75, 3.05) is 6.61 Å². The lowest BCUT2D eigenvalue weighted by atomic mass is 10.1. The maximum Gasteiger partial charge on any atom is 0.333 e. The summed E-state index contributed by atoms with van der Waals surface area (Å²) in [5.41, 5.74) is -0.195. The fourth-order valence-corrected chi connectivity index (χ4v) is 3.32. The van der Waals surface area contributed by atoms with E-state index in [9.17, 15) is 14.4 Å². The van der Waals surface area contributed by atoms with Crippen molar-refractivity contribution in [2.45, 2.75) is 17.0 Å². The van der Waals surface area contributed by atoms with Crippen molar-refractivity contribution in [3.05, 3.63) is 23.8 Å². The standard InChI is InChI=1S/C9H10ClO4PS/c10-16-6-1-2-7-8(5-6)14-4-3-9(7)15(11,12)13/h1-2,5,9H,3-4H2,(H2,11,12,13). The van der Waals surface area contributed by atoms with Gasteiger partial charge in [0.15, 0.2) is 0 Å². The normalized spacial score (nSPS) is 20.1. The van der Waals surface area contributed by atoms with Gasteiger partial charge in [-0.25, -0.2) is 0 Å². The van der Waals surface area contributed by atoms with Gasteiger partial charge in [0.25, 0.3) is 0 Å². The van der Waals surface area contributed by atoms with Crippen LogP contribution in [0.4, 0.5) is 0 Å². The summed E-state index contributed by atoms with van der Waals surface area (Å²) in [4.78, 5) is 19.3. The van der Waals surface area contributed by atoms with Crippen LogP contribution in [-0.2, 0) is 4.57 Å². The zero-order chi connectivity index (χ0) is 11.8. The Balaban J connectivity index is 2.44. The Bertz CT molecular complexity index is 447. The quantitative estimate of drug-likeness (QED) is 0.815. The Morgan fingerprint density at radius 2 is 2.25 bits per heavy atom. The molecule has 1 aromatic rings. The Labute approximate surface area is 102 Å². The van der Waals surface area contributed by atoms with Gasteiger partial charge in [0, 0.05) is 10.5 Å². The second-order valence-electron chi connectivity index (χ2n) is 3.52. The molecular weight excluding hydrogens is 271 g/mol. The van der Waals surface area contributed by atoms with Crippen LogP contribution < -0.4 is 4.74 Å². The third kappa shape index (κ3) is 2.39. The molecule has 2 rings (SSSR count). The van der Waals surface area contributed by atoms with Gasteiger partial charge in [-0.2, -0.15) is 0 Å². The van der Waals surface area contributed by atoms with Crippen LogP contribution in [0.15, 0.2) is 23.1 Å². The Hall–Kier alpha value is -0.190. The number of fused-ring (bicyclic) bond motifs is 1. The lowest BCUT2D eigenvalue weighted by molar-refractivity contribution is 0.266. The van der Waals surface area contributed by atoms with E-state index in [1.807, 2.05) is 0 Å². The largest absolute Gasteiger partial charge is 0.493 e. The lowest BCUT2D eigenvalue weighted by Crippen LogP contribution is -2.14. The van der Waals surface area contributed by atoms with Crippen molar-refractivity contribution >= 4 is 29.3 Å². The van der Waals surface area contributed by atoms with E-state index in [0.29, 0.717) is 24.3 Å². The molecule has 0 aromatic heterocycles. The van der Waals surface area contributed by atoms with Crippen LogP contribution in [0.3, 0.4) is 0 Å². The van der Waals surface area contributed by atoms with Crippen LogP contribution in [0.25, 0.3) is 0 Å². The van der Waals surface area contributed by atoms with Gasteiger partial charge in [-0.15, -0.1) is 0 Å². The third-order valence-corrected chi connectivity index (χ3v) is 4.80. The first kappa shape index (κ1) is 12.3. The van der Waals surface area contributed by atoms with Crippen LogP contribution in [0.1, 0.15) is 17.6 Å². The molecule has 0 fully saturated rings. The highest BCUT2D eigenvalue weighted by Crippen LogP contribution is 2.57. The molecule has 1 heterocycles. The Kier molecular flexibility index (Phi) is 3.52. The van der Waals surface area contributed by atoms with Crippen molar-refractivity contribution in [1.29, 1.82) is 0 Å². The maximum atomic E-state index is 11.3. The van der Waals surface area contributed by atoms with E-state index >= 15 is 0 Å². The van der Waals surface area contributed by atoms with Crippen molar-refractivity contribution < 1.29 is 19.1 Å². The molecule has 2 N–H and O–H groups in total. The molecule has 1 atom stereocenters. The van der Waals surface area contributed by atoms with Crippen LogP contribution >= 0.6 is 29.3 Å². The van der Waals surface area contributed by atoms with Crippen LogP contribution in [0.5, 0.6) is 5.75 Å². The van der Waals surface area contributed by atoms with Gasteiger partial charge in [0.1, 0.15) is 5.75 Å².